The predicted octanol–water partition coefficient (Wildman–Crippen LogP) is 0.605. The maximum Gasteiger partial charge on any atom is 0.387 e. The molecule has 0 spiro atoms. The number of hydrogen-bond donors (Lipinski definition) is 2. The van der Waals surface area contributed by atoms with E-state index in [0.717, 1.165) is 18.7 Å². The SMILES string of the molecule is COc1cc(CNC(=O)C[NH+]2C[C@@H](C)O[C@@H](C)C2)ccc1OC(F)F. The summed E-state index contributed by atoms with van der Waals surface area (Å²) in [4.78, 5) is 13.3. The highest BCUT2D eigenvalue weighted by Gasteiger charge is 2.27. The van der Waals surface area contributed by atoms with E-state index in [9.17, 15) is 13.6 Å². The number of alkyl halides is 2. The molecule has 1 aromatic rings. The van der Waals surface area contributed by atoms with Crippen LogP contribution in [-0.2, 0) is 16.1 Å². The Morgan fingerprint density at radius 3 is 2.60 bits per heavy atom. The van der Waals surface area contributed by atoms with Crippen LogP contribution >= 0.6 is 0 Å². The Kier molecular flexibility index (Phi) is 6.95. The van der Waals surface area contributed by atoms with Gasteiger partial charge in [0.25, 0.3) is 5.91 Å². The van der Waals surface area contributed by atoms with Crippen molar-refractivity contribution in [2.45, 2.75) is 39.2 Å². The van der Waals surface area contributed by atoms with E-state index in [0.29, 0.717) is 13.1 Å². The summed E-state index contributed by atoms with van der Waals surface area (Å²) < 4.78 is 39.7. The van der Waals surface area contributed by atoms with E-state index in [1.807, 2.05) is 13.8 Å². The number of halogens is 2. The first-order valence-electron chi connectivity index (χ1n) is 8.24. The van der Waals surface area contributed by atoms with E-state index in [-0.39, 0.29) is 29.6 Å². The molecule has 0 aliphatic carbocycles. The minimum Gasteiger partial charge on any atom is -0.493 e. The molecule has 1 fully saturated rings. The number of hydrogen-bond acceptors (Lipinski definition) is 4. The molecule has 1 heterocycles. The molecule has 3 atom stereocenters. The molecule has 8 heteroatoms. The second kappa shape index (κ2) is 8.96. The molecule has 0 aromatic heterocycles. The number of rotatable bonds is 7. The number of quaternary nitrogens is 1. The highest BCUT2D eigenvalue weighted by atomic mass is 19.3. The molecular formula is C17H25F2N2O4+. The second-order valence-corrected chi connectivity index (χ2v) is 6.23. The second-order valence-electron chi connectivity index (χ2n) is 6.23. The van der Waals surface area contributed by atoms with Crippen molar-refractivity contribution in [2.24, 2.45) is 0 Å². The summed E-state index contributed by atoms with van der Waals surface area (Å²) in [6.07, 6.45) is 0.274. The molecule has 2 N–H and O–H groups in total. The number of nitrogens with one attached hydrogen (secondary N) is 2. The topological polar surface area (TPSA) is 61.2 Å². The molecule has 0 radical (unpaired) electrons. The Hall–Kier alpha value is -1.93. The van der Waals surface area contributed by atoms with E-state index in [4.69, 9.17) is 9.47 Å². The molecule has 0 bridgehead atoms. The predicted molar refractivity (Wildman–Crippen MR) is 87.0 cm³/mol. The average molecular weight is 359 g/mol. The van der Waals surface area contributed by atoms with Crippen LogP contribution in [0.25, 0.3) is 0 Å². The van der Waals surface area contributed by atoms with Crippen molar-refractivity contribution < 1.29 is 32.7 Å². The van der Waals surface area contributed by atoms with Crippen molar-refractivity contribution in [3.05, 3.63) is 23.8 Å². The van der Waals surface area contributed by atoms with Crippen LogP contribution in [-0.4, -0.2) is 51.5 Å². The lowest BCUT2D eigenvalue weighted by Gasteiger charge is -2.31. The van der Waals surface area contributed by atoms with Crippen molar-refractivity contribution in [2.75, 3.05) is 26.7 Å². The van der Waals surface area contributed by atoms with Crippen LogP contribution in [0, 0.1) is 0 Å². The molecule has 1 aromatic carbocycles. The highest BCUT2D eigenvalue weighted by molar-refractivity contribution is 5.76. The number of methoxy groups -OCH3 is 1. The summed E-state index contributed by atoms with van der Waals surface area (Å²) in [5, 5.41) is 2.84. The van der Waals surface area contributed by atoms with Gasteiger partial charge in [-0.15, -0.1) is 0 Å². The van der Waals surface area contributed by atoms with Gasteiger partial charge in [-0.05, 0) is 31.5 Å². The van der Waals surface area contributed by atoms with Crippen LogP contribution in [0.3, 0.4) is 0 Å². The number of carbonyl (C=O) groups excluding carboxylic acids is 1. The van der Waals surface area contributed by atoms with Gasteiger partial charge in [-0.25, -0.2) is 0 Å². The molecular weight excluding hydrogens is 334 g/mol. The van der Waals surface area contributed by atoms with Gasteiger partial charge < -0.3 is 24.4 Å². The van der Waals surface area contributed by atoms with Gasteiger partial charge in [0.1, 0.15) is 25.3 Å². The lowest BCUT2D eigenvalue weighted by molar-refractivity contribution is -0.907. The first-order chi connectivity index (χ1) is 11.9. The summed E-state index contributed by atoms with van der Waals surface area (Å²) >= 11 is 0. The number of ether oxygens (including phenoxy) is 3. The van der Waals surface area contributed by atoms with Gasteiger partial charge in [0.2, 0.25) is 0 Å². The Bertz CT molecular complexity index is 576. The van der Waals surface area contributed by atoms with Crippen LogP contribution < -0.4 is 19.7 Å². The quantitative estimate of drug-likeness (QED) is 0.749. The van der Waals surface area contributed by atoms with Crippen molar-refractivity contribution in [3.8, 4) is 11.5 Å². The van der Waals surface area contributed by atoms with Gasteiger partial charge in [-0.1, -0.05) is 6.07 Å². The highest BCUT2D eigenvalue weighted by Crippen LogP contribution is 2.29. The van der Waals surface area contributed by atoms with Gasteiger partial charge in [0.15, 0.2) is 18.0 Å². The Morgan fingerprint density at radius 2 is 2.00 bits per heavy atom. The largest absolute Gasteiger partial charge is 0.493 e. The third-order valence-corrected chi connectivity index (χ3v) is 3.96. The number of carbonyl (C=O) groups is 1. The van der Waals surface area contributed by atoms with Crippen LogP contribution in [0.2, 0.25) is 0 Å². The molecule has 1 amide bonds. The van der Waals surface area contributed by atoms with Crippen molar-refractivity contribution in [1.29, 1.82) is 0 Å². The van der Waals surface area contributed by atoms with E-state index in [1.165, 1.54) is 18.1 Å². The third kappa shape index (κ3) is 6.13. The standard InChI is InChI=1S/C17H24F2N2O4/c1-11-8-21(9-12(2)24-11)10-16(22)20-7-13-4-5-14(25-17(18)19)15(6-13)23-3/h4-6,11-12,17H,7-10H2,1-3H3,(H,20,22)/p+1/t11-,12+. The fraction of sp³-hybridized carbons (Fsp3) is 0.588. The number of amides is 1. The number of morpholine rings is 1. The Balaban J connectivity index is 1.86. The maximum atomic E-state index is 12.3. The maximum absolute atomic E-state index is 12.3. The molecule has 2 rings (SSSR count). The monoisotopic (exact) mass is 359 g/mol. The van der Waals surface area contributed by atoms with Crippen LogP contribution in [0.5, 0.6) is 11.5 Å². The fourth-order valence-electron chi connectivity index (χ4n) is 3.04. The minimum absolute atomic E-state index is 0.0340. The van der Waals surface area contributed by atoms with E-state index in [1.54, 1.807) is 12.1 Å². The molecule has 1 saturated heterocycles. The molecule has 6 nitrogen and oxygen atoms in total. The van der Waals surface area contributed by atoms with Crippen molar-refractivity contribution in [3.63, 3.8) is 0 Å². The smallest absolute Gasteiger partial charge is 0.387 e. The first kappa shape index (κ1) is 19.4. The molecule has 0 saturated carbocycles. The van der Waals surface area contributed by atoms with E-state index in [2.05, 4.69) is 10.1 Å². The molecule has 25 heavy (non-hydrogen) atoms. The Labute approximate surface area is 146 Å². The molecule has 1 aliphatic rings. The zero-order chi connectivity index (χ0) is 18.4. The fourth-order valence-corrected chi connectivity index (χ4v) is 3.04. The lowest BCUT2D eigenvalue weighted by Crippen LogP contribution is -3.16. The van der Waals surface area contributed by atoms with Gasteiger partial charge in [-0.2, -0.15) is 8.78 Å². The van der Waals surface area contributed by atoms with Crippen LogP contribution in [0.15, 0.2) is 18.2 Å². The molecule has 140 valence electrons. The summed E-state index contributed by atoms with van der Waals surface area (Å²) in [7, 11) is 1.38. The molecule has 1 unspecified atom stereocenters. The lowest BCUT2D eigenvalue weighted by atomic mass is 10.2. The van der Waals surface area contributed by atoms with Crippen LogP contribution in [0.1, 0.15) is 19.4 Å². The van der Waals surface area contributed by atoms with Gasteiger partial charge in [-0.3, -0.25) is 4.79 Å². The van der Waals surface area contributed by atoms with Gasteiger partial charge in [0, 0.05) is 6.54 Å². The summed E-state index contributed by atoms with van der Waals surface area (Å²) in [6, 6.07) is 4.60. The zero-order valence-electron chi connectivity index (χ0n) is 14.7. The van der Waals surface area contributed by atoms with Gasteiger partial charge >= 0.3 is 6.61 Å². The van der Waals surface area contributed by atoms with Gasteiger partial charge in [0.05, 0.1) is 7.11 Å². The van der Waals surface area contributed by atoms with Crippen LogP contribution in [0.4, 0.5) is 8.78 Å². The average Bonchev–Trinajstić information content (AvgIpc) is 2.52. The summed E-state index contributed by atoms with van der Waals surface area (Å²) in [6.45, 7) is 3.35. The minimum atomic E-state index is -2.92. The summed E-state index contributed by atoms with van der Waals surface area (Å²) in [5.74, 6) is 0.102. The first-order valence-corrected chi connectivity index (χ1v) is 8.24. The Morgan fingerprint density at radius 1 is 1.32 bits per heavy atom. The van der Waals surface area contributed by atoms with E-state index >= 15 is 0 Å². The summed E-state index contributed by atoms with van der Waals surface area (Å²) in [5.41, 5.74) is 0.741. The third-order valence-electron chi connectivity index (χ3n) is 3.96. The zero-order valence-corrected chi connectivity index (χ0v) is 14.7. The number of benzene rings is 1. The van der Waals surface area contributed by atoms with Crippen molar-refractivity contribution >= 4 is 5.91 Å². The normalized spacial score (nSPS) is 23.4. The van der Waals surface area contributed by atoms with Crippen molar-refractivity contribution in [1.82, 2.24) is 5.32 Å². The molecule has 1 aliphatic heterocycles. The van der Waals surface area contributed by atoms with E-state index < -0.39 is 6.61 Å².